The summed E-state index contributed by atoms with van der Waals surface area (Å²) in [7, 11) is 0. The van der Waals surface area contributed by atoms with Crippen LogP contribution in [0.25, 0.3) is 0 Å². The lowest BCUT2D eigenvalue weighted by Crippen LogP contribution is -1.51. The van der Waals surface area contributed by atoms with Crippen LogP contribution in [0.4, 0.5) is 0 Å². The van der Waals surface area contributed by atoms with Crippen LogP contribution in [0.1, 0.15) is 27.7 Å². The van der Waals surface area contributed by atoms with Crippen molar-refractivity contribution in [2.45, 2.75) is 27.7 Å². The molecule has 0 aliphatic rings. The Bertz CT molecular complexity index is 121. The molecular weight excluding hydrogens is 146 g/mol. The standard InChI is InChI=1S/C6H9N.C3H6.C2H6/c1-3-5-6-7-4-2;1-3-2;1-2/h3-6H,1H2,2H3;3H,1H2,2H3;1-2H3/b6-5-,7-4?;;. The van der Waals surface area contributed by atoms with Crippen molar-refractivity contribution in [3.05, 3.63) is 37.6 Å². The van der Waals surface area contributed by atoms with Gasteiger partial charge in [-0.3, -0.25) is 4.99 Å². The van der Waals surface area contributed by atoms with E-state index in [1.54, 1.807) is 30.6 Å². The zero-order valence-corrected chi connectivity index (χ0v) is 8.75. The maximum atomic E-state index is 3.78. The molecule has 0 radical (unpaired) electrons. The molecule has 0 unspecified atom stereocenters. The van der Waals surface area contributed by atoms with Crippen molar-refractivity contribution in [3.63, 3.8) is 0 Å². The van der Waals surface area contributed by atoms with Crippen LogP contribution in [-0.4, -0.2) is 6.21 Å². The minimum Gasteiger partial charge on any atom is -0.269 e. The second-order valence-electron chi connectivity index (χ2n) is 1.39. The molecule has 12 heavy (non-hydrogen) atoms. The van der Waals surface area contributed by atoms with Gasteiger partial charge in [-0.15, -0.1) is 6.58 Å². The largest absolute Gasteiger partial charge is 0.269 e. The zero-order valence-electron chi connectivity index (χ0n) is 8.75. The molecule has 0 aromatic heterocycles. The first-order valence-corrected chi connectivity index (χ1v) is 4.15. The van der Waals surface area contributed by atoms with Crippen LogP contribution >= 0.6 is 0 Å². The first kappa shape index (κ1) is 17.1. The molecule has 1 heteroatoms. The van der Waals surface area contributed by atoms with Crippen LogP contribution in [0.5, 0.6) is 0 Å². The summed E-state index contributed by atoms with van der Waals surface area (Å²) in [6.07, 6.45) is 8.62. The summed E-state index contributed by atoms with van der Waals surface area (Å²) in [5, 5.41) is 0. The van der Waals surface area contributed by atoms with E-state index in [0.29, 0.717) is 0 Å². The third-order valence-electron chi connectivity index (χ3n) is 0.457. The van der Waals surface area contributed by atoms with Crippen molar-refractivity contribution in [1.29, 1.82) is 0 Å². The first-order chi connectivity index (χ1) is 5.83. The average Bonchev–Trinajstić information content (AvgIpc) is 2.11. The normalized spacial score (nSPS) is 8.00. The van der Waals surface area contributed by atoms with Gasteiger partial charge in [-0.1, -0.05) is 32.6 Å². The molecular formula is C11H21N. The van der Waals surface area contributed by atoms with E-state index in [1.165, 1.54) is 0 Å². The molecule has 0 saturated heterocycles. The van der Waals surface area contributed by atoms with Gasteiger partial charge in [-0.25, -0.2) is 0 Å². The van der Waals surface area contributed by atoms with Gasteiger partial charge in [0.25, 0.3) is 0 Å². The quantitative estimate of drug-likeness (QED) is 0.335. The Hall–Kier alpha value is -1.11. The second-order valence-corrected chi connectivity index (χ2v) is 1.39. The van der Waals surface area contributed by atoms with Crippen molar-refractivity contribution >= 4 is 6.21 Å². The highest BCUT2D eigenvalue weighted by atomic mass is 14.6. The van der Waals surface area contributed by atoms with Crippen molar-refractivity contribution in [2.75, 3.05) is 0 Å². The monoisotopic (exact) mass is 167 g/mol. The van der Waals surface area contributed by atoms with Gasteiger partial charge in [0, 0.05) is 12.4 Å². The maximum Gasteiger partial charge on any atom is 0.0263 e. The van der Waals surface area contributed by atoms with Crippen molar-refractivity contribution < 1.29 is 0 Å². The number of aliphatic imine (C=N–C) groups is 1. The predicted octanol–water partition coefficient (Wildman–Crippen LogP) is 4.00. The fourth-order valence-electron chi connectivity index (χ4n) is 0.197. The number of hydrogen-bond donors (Lipinski definition) is 0. The molecule has 0 spiro atoms. The third kappa shape index (κ3) is 66.3. The van der Waals surface area contributed by atoms with Gasteiger partial charge in [0.2, 0.25) is 0 Å². The number of rotatable bonds is 2. The molecule has 0 aliphatic heterocycles. The maximum absolute atomic E-state index is 3.78. The molecule has 0 rings (SSSR count). The van der Waals surface area contributed by atoms with E-state index < -0.39 is 0 Å². The van der Waals surface area contributed by atoms with Crippen molar-refractivity contribution in [2.24, 2.45) is 4.99 Å². The number of hydrogen-bond acceptors (Lipinski definition) is 1. The highest BCUT2D eigenvalue weighted by molar-refractivity contribution is 5.54. The molecule has 0 aliphatic carbocycles. The predicted molar refractivity (Wildman–Crippen MR) is 60.7 cm³/mol. The van der Waals surface area contributed by atoms with Crippen molar-refractivity contribution in [1.82, 2.24) is 0 Å². The van der Waals surface area contributed by atoms with E-state index >= 15 is 0 Å². The van der Waals surface area contributed by atoms with Gasteiger partial charge in [-0.2, -0.15) is 0 Å². The minimum atomic E-state index is 1.69. The topological polar surface area (TPSA) is 12.4 Å². The zero-order chi connectivity index (χ0) is 10.2. The SMILES string of the molecule is C=C/C=C\N=CC.C=CC.CC. The Kier molecular flexibility index (Phi) is 46.6. The summed E-state index contributed by atoms with van der Waals surface area (Å²) < 4.78 is 0. The Morgan fingerprint density at radius 2 is 1.50 bits per heavy atom. The summed E-state index contributed by atoms with van der Waals surface area (Å²) >= 11 is 0. The van der Waals surface area contributed by atoms with E-state index in [1.807, 2.05) is 27.7 Å². The van der Waals surface area contributed by atoms with Gasteiger partial charge in [0.05, 0.1) is 0 Å². The van der Waals surface area contributed by atoms with E-state index in [2.05, 4.69) is 18.2 Å². The van der Waals surface area contributed by atoms with Crippen LogP contribution in [0.15, 0.2) is 42.6 Å². The Morgan fingerprint density at radius 1 is 1.08 bits per heavy atom. The van der Waals surface area contributed by atoms with Gasteiger partial charge in [0.15, 0.2) is 0 Å². The summed E-state index contributed by atoms with van der Waals surface area (Å²) in [4.78, 5) is 3.78. The first-order valence-electron chi connectivity index (χ1n) is 4.15. The molecule has 0 heterocycles. The second kappa shape index (κ2) is 32.7. The fraction of sp³-hybridized carbons (Fsp3) is 0.364. The smallest absolute Gasteiger partial charge is 0.0263 e. The van der Waals surface area contributed by atoms with Crippen LogP contribution in [0.2, 0.25) is 0 Å². The average molecular weight is 167 g/mol. The number of allylic oxidation sites excluding steroid dienone is 3. The lowest BCUT2D eigenvalue weighted by Gasteiger charge is -1.66. The summed E-state index contributed by atoms with van der Waals surface area (Å²) in [6.45, 7) is 14.6. The molecule has 0 amide bonds. The van der Waals surface area contributed by atoms with Gasteiger partial charge >= 0.3 is 0 Å². The van der Waals surface area contributed by atoms with Gasteiger partial charge in [0.1, 0.15) is 0 Å². The Morgan fingerprint density at radius 3 is 1.75 bits per heavy atom. The minimum absolute atomic E-state index is 1.69. The van der Waals surface area contributed by atoms with Crippen molar-refractivity contribution in [3.8, 4) is 0 Å². The molecule has 1 nitrogen and oxygen atoms in total. The van der Waals surface area contributed by atoms with E-state index in [9.17, 15) is 0 Å². The molecule has 0 saturated carbocycles. The molecule has 0 aromatic rings. The summed E-state index contributed by atoms with van der Waals surface area (Å²) in [6, 6.07) is 0. The molecule has 0 aromatic carbocycles. The third-order valence-corrected chi connectivity index (χ3v) is 0.457. The molecule has 0 atom stereocenters. The van der Waals surface area contributed by atoms with E-state index in [-0.39, 0.29) is 0 Å². The van der Waals surface area contributed by atoms with Crippen LogP contribution in [-0.2, 0) is 0 Å². The molecule has 0 N–H and O–H groups in total. The Labute approximate surface area is 77.2 Å². The Balaban J connectivity index is -0.000000137. The van der Waals surface area contributed by atoms with Crippen LogP contribution in [0, 0.1) is 0 Å². The fourth-order valence-corrected chi connectivity index (χ4v) is 0.197. The van der Waals surface area contributed by atoms with Crippen LogP contribution in [0.3, 0.4) is 0 Å². The highest BCUT2D eigenvalue weighted by Gasteiger charge is 1.51. The van der Waals surface area contributed by atoms with Gasteiger partial charge < -0.3 is 0 Å². The number of nitrogens with zero attached hydrogens (tertiary/aromatic N) is 1. The lowest BCUT2D eigenvalue weighted by molar-refractivity contribution is 1.50. The van der Waals surface area contributed by atoms with E-state index in [4.69, 9.17) is 0 Å². The molecule has 70 valence electrons. The highest BCUT2D eigenvalue weighted by Crippen LogP contribution is 1.71. The van der Waals surface area contributed by atoms with Gasteiger partial charge in [-0.05, 0) is 19.9 Å². The molecule has 0 fully saturated rings. The molecule has 0 bridgehead atoms. The van der Waals surface area contributed by atoms with E-state index in [0.717, 1.165) is 0 Å². The summed E-state index contributed by atoms with van der Waals surface area (Å²) in [5.74, 6) is 0. The lowest BCUT2D eigenvalue weighted by atomic mass is 10.6. The van der Waals surface area contributed by atoms with Crippen LogP contribution < -0.4 is 0 Å². The summed E-state index contributed by atoms with van der Waals surface area (Å²) in [5.41, 5.74) is 0.